The van der Waals surface area contributed by atoms with E-state index in [9.17, 15) is 0 Å². The van der Waals surface area contributed by atoms with E-state index in [2.05, 4.69) is 217 Å². The van der Waals surface area contributed by atoms with Crippen molar-refractivity contribution in [2.24, 2.45) is 0 Å². The van der Waals surface area contributed by atoms with Gasteiger partial charge in [0.1, 0.15) is 22.3 Å². The lowest BCUT2D eigenvalue weighted by Gasteiger charge is -2.26. The fourth-order valence-corrected chi connectivity index (χ4v) is 9.14. The summed E-state index contributed by atoms with van der Waals surface area (Å²) >= 11 is 0. The fourth-order valence-electron chi connectivity index (χ4n) is 9.14. The lowest BCUT2D eigenvalue weighted by molar-refractivity contribution is 0.669. The predicted molar refractivity (Wildman–Crippen MR) is 263 cm³/mol. The van der Waals surface area contributed by atoms with E-state index in [0.29, 0.717) is 0 Å². The van der Waals surface area contributed by atoms with E-state index in [1.54, 1.807) is 0 Å². The average Bonchev–Trinajstić information content (AvgIpc) is 3.94. The number of benzene rings is 10. The monoisotopic (exact) mass is 805 g/mol. The first-order chi connectivity index (χ1) is 31.2. The molecule has 0 unspecified atom stereocenters. The van der Waals surface area contributed by atoms with Gasteiger partial charge in [-0.3, -0.25) is 0 Å². The Labute approximate surface area is 365 Å². The molecule has 0 N–H and O–H groups in total. The van der Waals surface area contributed by atoms with Gasteiger partial charge in [0.15, 0.2) is 0 Å². The highest BCUT2D eigenvalue weighted by Crippen LogP contribution is 2.42. The summed E-state index contributed by atoms with van der Waals surface area (Å²) in [6.45, 7) is 0. The van der Waals surface area contributed by atoms with E-state index >= 15 is 0 Å². The zero-order chi connectivity index (χ0) is 41.7. The van der Waals surface area contributed by atoms with Crippen LogP contribution in [0.25, 0.3) is 99.5 Å². The summed E-state index contributed by atoms with van der Waals surface area (Å²) in [4.78, 5) is 2.32. The van der Waals surface area contributed by atoms with Gasteiger partial charge >= 0.3 is 0 Å². The van der Waals surface area contributed by atoms with E-state index in [-0.39, 0.29) is 0 Å². The number of anilines is 3. The van der Waals surface area contributed by atoms with Crippen molar-refractivity contribution in [2.75, 3.05) is 4.90 Å². The van der Waals surface area contributed by atoms with Crippen LogP contribution in [0.15, 0.2) is 245 Å². The highest BCUT2D eigenvalue weighted by atomic mass is 16.3. The van der Waals surface area contributed by atoms with Gasteiger partial charge in [0.25, 0.3) is 0 Å². The number of nitrogens with zero attached hydrogens (tertiary/aromatic N) is 1. The molecule has 0 saturated heterocycles. The molecule has 0 aliphatic heterocycles. The van der Waals surface area contributed by atoms with Gasteiger partial charge in [-0.05, 0) is 99.1 Å². The maximum atomic E-state index is 6.43. The fraction of sp³-hybridized carbons (Fsp3) is 0. The minimum absolute atomic E-state index is 0.899. The molecule has 2 aromatic heterocycles. The molecule has 0 bridgehead atoms. The van der Waals surface area contributed by atoms with Gasteiger partial charge in [-0.25, -0.2) is 0 Å². The van der Waals surface area contributed by atoms with Crippen LogP contribution in [0.1, 0.15) is 0 Å². The minimum Gasteiger partial charge on any atom is -0.455 e. The second-order valence-electron chi connectivity index (χ2n) is 16.1. The number of fused-ring (bicyclic) bond motifs is 6. The van der Waals surface area contributed by atoms with Crippen molar-refractivity contribution in [1.29, 1.82) is 0 Å². The van der Waals surface area contributed by atoms with Gasteiger partial charge < -0.3 is 13.7 Å². The summed E-state index contributed by atoms with van der Waals surface area (Å²) in [6, 6.07) is 84.0. The lowest BCUT2D eigenvalue weighted by atomic mass is 9.97. The maximum absolute atomic E-state index is 6.43. The van der Waals surface area contributed by atoms with Crippen LogP contribution in [-0.4, -0.2) is 0 Å². The van der Waals surface area contributed by atoms with Gasteiger partial charge in [-0.2, -0.15) is 0 Å². The largest absolute Gasteiger partial charge is 0.455 e. The average molecular weight is 806 g/mol. The SMILES string of the molecule is c1ccc(-c2cccc(-c3ccc(-c4ccc(N(c5ccc(-c6cccc7c6oc6ccccc67)cc5)c5ccc(-c6cccc7c6oc6ccccc67)cc5)cc4)cc3)c2)cc1. The molecule has 2 heterocycles. The lowest BCUT2D eigenvalue weighted by Crippen LogP contribution is -2.09. The van der Waals surface area contributed by atoms with Crippen LogP contribution in [-0.2, 0) is 0 Å². The third-order valence-electron chi connectivity index (χ3n) is 12.3. The molecular weight excluding hydrogens is 767 g/mol. The van der Waals surface area contributed by atoms with Crippen molar-refractivity contribution in [3.63, 3.8) is 0 Å². The first kappa shape index (κ1) is 36.5. The van der Waals surface area contributed by atoms with E-state index in [4.69, 9.17) is 8.83 Å². The van der Waals surface area contributed by atoms with Gasteiger partial charge in [-0.1, -0.05) is 182 Å². The molecule has 3 nitrogen and oxygen atoms in total. The maximum Gasteiger partial charge on any atom is 0.143 e. The second kappa shape index (κ2) is 15.3. The van der Waals surface area contributed by atoms with Gasteiger partial charge in [0.2, 0.25) is 0 Å². The van der Waals surface area contributed by atoms with Crippen LogP contribution in [0.3, 0.4) is 0 Å². The molecule has 12 rings (SSSR count). The van der Waals surface area contributed by atoms with Crippen LogP contribution >= 0.6 is 0 Å². The summed E-state index contributed by atoms with van der Waals surface area (Å²) in [5, 5.41) is 4.51. The van der Waals surface area contributed by atoms with Crippen molar-refractivity contribution in [2.45, 2.75) is 0 Å². The third kappa shape index (κ3) is 6.55. The topological polar surface area (TPSA) is 29.5 Å². The summed E-state index contributed by atoms with van der Waals surface area (Å²) in [5.74, 6) is 0. The van der Waals surface area contributed by atoms with Crippen LogP contribution in [0.5, 0.6) is 0 Å². The summed E-state index contributed by atoms with van der Waals surface area (Å²) in [7, 11) is 0. The Morgan fingerprint density at radius 2 is 0.571 bits per heavy atom. The third-order valence-corrected chi connectivity index (χ3v) is 12.3. The molecule has 0 fully saturated rings. The Bertz CT molecular complexity index is 3420. The van der Waals surface area contributed by atoms with Crippen molar-refractivity contribution in [3.05, 3.63) is 237 Å². The van der Waals surface area contributed by atoms with Crippen LogP contribution in [0.2, 0.25) is 0 Å². The smallest absolute Gasteiger partial charge is 0.143 e. The van der Waals surface area contributed by atoms with E-state index in [0.717, 1.165) is 88.8 Å². The van der Waals surface area contributed by atoms with Crippen molar-refractivity contribution in [1.82, 2.24) is 0 Å². The Balaban J connectivity index is 0.894. The van der Waals surface area contributed by atoms with Gasteiger partial charge in [0, 0.05) is 49.7 Å². The Kier molecular flexibility index (Phi) is 8.83. The van der Waals surface area contributed by atoms with Crippen molar-refractivity contribution in [3.8, 4) is 55.6 Å². The molecule has 0 spiro atoms. The van der Waals surface area contributed by atoms with Crippen molar-refractivity contribution < 1.29 is 8.83 Å². The number of hydrogen-bond acceptors (Lipinski definition) is 3. The second-order valence-corrected chi connectivity index (χ2v) is 16.1. The standard InChI is InChI=1S/C60H39NO2/c1-2-11-40(12-3-1)46-13-8-14-47(39-46)43-25-23-41(24-26-43)42-27-33-48(34-28-42)61(49-35-29-44(30-36-49)51-17-9-19-55-53-15-4-6-21-57(53)62-59(51)55)50-37-31-45(32-38-50)52-18-10-20-56-54-16-5-7-22-58(54)63-60(52)56/h1-39H. The van der Waals surface area contributed by atoms with E-state index < -0.39 is 0 Å². The predicted octanol–water partition coefficient (Wildman–Crippen LogP) is 17.3. The molecule has 0 aliphatic rings. The van der Waals surface area contributed by atoms with E-state index in [1.807, 2.05) is 24.3 Å². The quantitative estimate of drug-likeness (QED) is 0.153. The number of furan rings is 2. The van der Waals surface area contributed by atoms with Crippen LogP contribution < -0.4 is 4.90 Å². The Morgan fingerprint density at radius 1 is 0.238 bits per heavy atom. The molecule has 0 amide bonds. The summed E-state index contributed by atoms with van der Waals surface area (Å²) in [5.41, 5.74) is 18.3. The zero-order valence-corrected chi connectivity index (χ0v) is 34.3. The highest BCUT2D eigenvalue weighted by Gasteiger charge is 2.17. The van der Waals surface area contributed by atoms with Crippen LogP contribution in [0, 0.1) is 0 Å². The molecule has 0 saturated carbocycles. The number of rotatable bonds is 8. The minimum atomic E-state index is 0.899. The Hall–Kier alpha value is -8.40. The van der Waals surface area contributed by atoms with Crippen LogP contribution in [0.4, 0.5) is 17.1 Å². The molecular formula is C60H39NO2. The molecule has 3 heteroatoms. The van der Waals surface area contributed by atoms with Gasteiger partial charge in [-0.15, -0.1) is 0 Å². The summed E-state index contributed by atoms with van der Waals surface area (Å²) in [6.07, 6.45) is 0. The zero-order valence-electron chi connectivity index (χ0n) is 34.3. The number of para-hydroxylation sites is 4. The molecule has 0 radical (unpaired) electrons. The van der Waals surface area contributed by atoms with Gasteiger partial charge in [0.05, 0.1) is 0 Å². The first-order valence-electron chi connectivity index (χ1n) is 21.4. The normalized spacial score (nSPS) is 11.5. The molecule has 296 valence electrons. The molecule has 0 aliphatic carbocycles. The number of hydrogen-bond donors (Lipinski definition) is 0. The molecule has 10 aromatic carbocycles. The molecule has 63 heavy (non-hydrogen) atoms. The first-order valence-corrected chi connectivity index (χ1v) is 21.4. The molecule has 0 atom stereocenters. The van der Waals surface area contributed by atoms with E-state index in [1.165, 1.54) is 27.8 Å². The molecule has 12 aromatic rings. The Morgan fingerprint density at radius 3 is 1.05 bits per heavy atom. The summed E-state index contributed by atoms with van der Waals surface area (Å²) < 4.78 is 12.9. The van der Waals surface area contributed by atoms with Crippen molar-refractivity contribution >= 4 is 60.9 Å². The highest BCUT2D eigenvalue weighted by molar-refractivity contribution is 6.10.